The topological polar surface area (TPSA) is 39.9 Å². The SMILES string of the molecule is C=CCn1c(COC)nnc1SC1CCCC1. The summed E-state index contributed by atoms with van der Waals surface area (Å²) < 4.78 is 7.23. The molecule has 0 aliphatic heterocycles. The summed E-state index contributed by atoms with van der Waals surface area (Å²) >= 11 is 1.85. The molecule has 1 aliphatic rings. The molecule has 0 spiro atoms. The molecular formula is C12H19N3OS. The van der Waals surface area contributed by atoms with Crippen LogP contribution in [0.25, 0.3) is 0 Å². The summed E-state index contributed by atoms with van der Waals surface area (Å²) in [5.41, 5.74) is 0. The quantitative estimate of drug-likeness (QED) is 0.731. The Bertz CT molecular complexity index is 372. The Morgan fingerprint density at radius 1 is 1.47 bits per heavy atom. The number of allylic oxidation sites excluding steroid dienone is 1. The lowest BCUT2D eigenvalue weighted by Gasteiger charge is -2.10. The van der Waals surface area contributed by atoms with E-state index < -0.39 is 0 Å². The van der Waals surface area contributed by atoms with Crippen molar-refractivity contribution in [2.24, 2.45) is 0 Å². The van der Waals surface area contributed by atoms with Crippen LogP contribution in [0, 0.1) is 0 Å². The van der Waals surface area contributed by atoms with Crippen LogP contribution in [0.15, 0.2) is 17.8 Å². The van der Waals surface area contributed by atoms with Gasteiger partial charge >= 0.3 is 0 Å². The fourth-order valence-electron chi connectivity index (χ4n) is 2.11. The van der Waals surface area contributed by atoms with Crippen LogP contribution in [-0.4, -0.2) is 27.1 Å². The van der Waals surface area contributed by atoms with E-state index in [1.807, 2.05) is 17.8 Å². The normalized spacial score (nSPS) is 16.5. The highest BCUT2D eigenvalue weighted by Gasteiger charge is 2.20. The largest absolute Gasteiger partial charge is 0.377 e. The fourth-order valence-corrected chi connectivity index (χ4v) is 3.37. The first-order chi connectivity index (χ1) is 8.35. The maximum absolute atomic E-state index is 5.13. The van der Waals surface area contributed by atoms with Crippen LogP contribution in [0.3, 0.4) is 0 Å². The van der Waals surface area contributed by atoms with Gasteiger partial charge in [-0.1, -0.05) is 30.7 Å². The van der Waals surface area contributed by atoms with Crippen molar-refractivity contribution in [2.75, 3.05) is 7.11 Å². The third kappa shape index (κ3) is 3.10. The molecule has 1 aliphatic carbocycles. The summed E-state index contributed by atoms with van der Waals surface area (Å²) in [7, 11) is 1.68. The molecule has 0 aromatic carbocycles. The summed E-state index contributed by atoms with van der Waals surface area (Å²) in [6, 6.07) is 0. The van der Waals surface area contributed by atoms with Crippen molar-refractivity contribution < 1.29 is 4.74 Å². The van der Waals surface area contributed by atoms with E-state index in [9.17, 15) is 0 Å². The van der Waals surface area contributed by atoms with Crippen LogP contribution in [0.2, 0.25) is 0 Å². The maximum Gasteiger partial charge on any atom is 0.191 e. The molecule has 1 heterocycles. The summed E-state index contributed by atoms with van der Waals surface area (Å²) in [6.07, 6.45) is 7.16. The van der Waals surface area contributed by atoms with Crippen LogP contribution >= 0.6 is 11.8 Å². The van der Waals surface area contributed by atoms with Crippen LogP contribution < -0.4 is 0 Å². The van der Waals surface area contributed by atoms with E-state index in [1.54, 1.807) is 7.11 Å². The predicted octanol–water partition coefficient (Wildman–Crippen LogP) is 2.65. The molecule has 0 unspecified atom stereocenters. The van der Waals surface area contributed by atoms with E-state index in [2.05, 4.69) is 21.3 Å². The van der Waals surface area contributed by atoms with Gasteiger partial charge in [-0.3, -0.25) is 0 Å². The van der Waals surface area contributed by atoms with Gasteiger partial charge in [-0.15, -0.1) is 16.8 Å². The minimum Gasteiger partial charge on any atom is -0.377 e. The average molecular weight is 253 g/mol. The highest BCUT2D eigenvalue weighted by atomic mass is 32.2. The number of aromatic nitrogens is 3. The zero-order valence-corrected chi connectivity index (χ0v) is 11.1. The van der Waals surface area contributed by atoms with Crippen molar-refractivity contribution in [1.82, 2.24) is 14.8 Å². The smallest absolute Gasteiger partial charge is 0.191 e. The van der Waals surface area contributed by atoms with Gasteiger partial charge in [0, 0.05) is 18.9 Å². The summed E-state index contributed by atoms with van der Waals surface area (Å²) in [4.78, 5) is 0. The van der Waals surface area contributed by atoms with E-state index in [-0.39, 0.29) is 0 Å². The maximum atomic E-state index is 5.13. The minimum absolute atomic E-state index is 0.506. The Hall–Kier alpha value is -0.810. The Morgan fingerprint density at radius 3 is 2.88 bits per heavy atom. The molecule has 0 radical (unpaired) electrons. The number of rotatable bonds is 6. The molecular weight excluding hydrogens is 234 g/mol. The van der Waals surface area contributed by atoms with Crippen molar-refractivity contribution in [3.05, 3.63) is 18.5 Å². The number of thioether (sulfide) groups is 1. The van der Waals surface area contributed by atoms with Gasteiger partial charge in [0.1, 0.15) is 6.61 Å². The first-order valence-corrected chi connectivity index (χ1v) is 6.91. The van der Waals surface area contributed by atoms with Crippen molar-refractivity contribution >= 4 is 11.8 Å². The van der Waals surface area contributed by atoms with Crippen LogP contribution in [0.5, 0.6) is 0 Å². The molecule has 0 saturated heterocycles. The van der Waals surface area contributed by atoms with Crippen LogP contribution in [0.4, 0.5) is 0 Å². The van der Waals surface area contributed by atoms with Crippen molar-refractivity contribution in [1.29, 1.82) is 0 Å². The van der Waals surface area contributed by atoms with E-state index in [1.165, 1.54) is 25.7 Å². The molecule has 2 rings (SSSR count). The minimum atomic E-state index is 0.506. The van der Waals surface area contributed by atoms with Gasteiger partial charge < -0.3 is 9.30 Å². The standard InChI is InChI=1S/C12H19N3OS/c1-3-8-15-11(9-16-2)13-14-12(15)17-10-6-4-5-7-10/h3,10H,1,4-9H2,2H3. The molecule has 0 bridgehead atoms. The predicted molar refractivity (Wildman–Crippen MR) is 69.0 cm³/mol. The molecule has 1 aromatic rings. The highest BCUT2D eigenvalue weighted by molar-refractivity contribution is 7.99. The van der Waals surface area contributed by atoms with Gasteiger partial charge in [-0.2, -0.15) is 0 Å². The van der Waals surface area contributed by atoms with Crippen LogP contribution in [-0.2, 0) is 17.9 Å². The molecule has 0 amide bonds. The van der Waals surface area contributed by atoms with Crippen LogP contribution in [0.1, 0.15) is 31.5 Å². The van der Waals surface area contributed by atoms with E-state index in [0.29, 0.717) is 11.9 Å². The van der Waals surface area contributed by atoms with E-state index in [4.69, 9.17) is 4.74 Å². The van der Waals surface area contributed by atoms with E-state index in [0.717, 1.165) is 17.5 Å². The fraction of sp³-hybridized carbons (Fsp3) is 0.667. The van der Waals surface area contributed by atoms with Gasteiger partial charge in [-0.25, -0.2) is 0 Å². The molecule has 4 nitrogen and oxygen atoms in total. The van der Waals surface area contributed by atoms with Gasteiger partial charge in [0.2, 0.25) is 0 Å². The number of ether oxygens (including phenoxy) is 1. The lowest BCUT2D eigenvalue weighted by atomic mass is 10.4. The molecule has 1 saturated carbocycles. The number of hydrogen-bond donors (Lipinski definition) is 0. The Kier molecular flexibility index (Phi) is 4.62. The zero-order chi connectivity index (χ0) is 12.1. The third-order valence-corrected chi connectivity index (χ3v) is 4.27. The summed E-state index contributed by atoms with van der Waals surface area (Å²) in [6.45, 7) is 5.04. The number of hydrogen-bond acceptors (Lipinski definition) is 4. The molecule has 0 N–H and O–H groups in total. The lowest BCUT2D eigenvalue weighted by molar-refractivity contribution is 0.174. The monoisotopic (exact) mass is 253 g/mol. The average Bonchev–Trinajstić information content (AvgIpc) is 2.94. The first-order valence-electron chi connectivity index (χ1n) is 6.03. The van der Waals surface area contributed by atoms with Crippen molar-refractivity contribution in [3.63, 3.8) is 0 Å². The second-order valence-corrected chi connectivity index (χ2v) is 5.52. The lowest BCUT2D eigenvalue weighted by Crippen LogP contribution is -2.06. The first kappa shape index (κ1) is 12.6. The second kappa shape index (κ2) is 6.21. The van der Waals surface area contributed by atoms with E-state index >= 15 is 0 Å². The Labute approximate surface area is 106 Å². The number of nitrogens with zero attached hydrogens (tertiary/aromatic N) is 3. The Balaban J connectivity index is 2.10. The molecule has 5 heteroatoms. The third-order valence-electron chi connectivity index (χ3n) is 2.95. The molecule has 94 valence electrons. The van der Waals surface area contributed by atoms with Crippen molar-refractivity contribution in [2.45, 2.75) is 49.2 Å². The van der Waals surface area contributed by atoms with Gasteiger partial charge in [-0.05, 0) is 12.8 Å². The zero-order valence-electron chi connectivity index (χ0n) is 10.3. The molecule has 1 aromatic heterocycles. The van der Waals surface area contributed by atoms with Gasteiger partial charge in [0.25, 0.3) is 0 Å². The second-order valence-electron chi connectivity index (χ2n) is 4.26. The van der Waals surface area contributed by atoms with Crippen molar-refractivity contribution in [3.8, 4) is 0 Å². The summed E-state index contributed by atoms with van der Waals surface area (Å²) in [5, 5.41) is 10.2. The number of methoxy groups -OCH3 is 1. The Morgan fingerprint density at radius 2 is 2.24 bits per heavy atom. The van der Waals surface area contributed by atoms with Gasteiger partial charge in [0.05, 0.1) is 0 Å². The summed E-state index contributed by atoms with van der Waals surface area (Å²) in [5.74, 6) is 0.882. The molecule has 17 heavy (non-hydrogen) atoms. The molecule has 1 fully saturated rings. The van der Waals surface area contributed by atoms with Gasteiger partial charge in [0.15, 0.2) is 11.0 Å². The highest BCUT2D eigenvalue weighted by Crippen LogP contribution is 2.34. The molecule has 0 atom stereocenters.